The minimum Gasteiger partial charge on any atom is -0.350 e. The minimum atomic E-state index is -0.152. The number of rotatable bonds is 2. The molecule has 4 rings (SSSR count). The van der Waals surface area contributed by atoms with Gasteiger partial charge in [0.1, 0.15) is 5.69 Å². The second kappa shape index (κ2) is 7.02. The Balaban J connectivity index is 1.76. The van der Waals surface area contributed by atoms with Gasteiger partial charge in [0.05, 0.1) is 26.0 Å². The average Bonchev–Trinajstić information content (AvgIpc) is 2.83. The molecule has 1 aliphatic rings. The van der Waals surface area contributed by atoms with Crippen LogP contribution in [0, 0.1) is 0 Å². The molecule has 0 spiro atoms. The summed E-state index contributed by atoms with van der Waals surface area (Å²) in [5.74, 6) is -0.152. The first-order chi connectivity index (χ1) is 12.5. The van der Waals surface area contributed by atoms with Gasteiger partial charge < -0.3 is 10.3 Å². The van der Waals surface area contributed by atoms with Crippen molar-refractivity contribution in [1.82, 2.24) is 15.3 Å². The molecule has 0 aliphatic carbocycles. The fourth-order valence-electron chi connectivity index (χ4n) is 2.85. The molecule has 0 radical (unpaired) electrons. The molecule has 3 N–H and O–H groups in total. The zero-order valence-corrected chi connectivity index (χ0v) is 17.2. The maximum absolute atomic E-state index is 12.2. The molecule has 132 valence electrons. The summed E-state index contributed by atoms with van der Waals surface area (Å²) in [6.07, 6.45) is 2.30. The van der Waals surface area contributed by atoms with Crippen molar-refractivity contribution in [2.24, 2.45) is 5.10 Å². The summed E-state index contributed by atoms with van der Waals surface area (Å²) >= 11 is 13.0. The van der Waals surface area contributed by atoms with Crippen molar-refractivity contribution >= 4 is 71.7 Å². The highest BCUT2D eigenvalue weighted by atomic mass is 79.9. The fraction of sp³-hybridized carbons (Fsp3) is 0.118. The molecule has 2 aromatic heterocycles. The number of nitrogens with one attached hydrogen (secondary N) is 3. The van der Waals surface area contributed by atoms with E-state index in [9.17, 15) is 4.79 Å². The van der Waals surface area contributed by atoms with Crippen LogP contribution < -0.4 is 10.7 Å². The highest BCUT2D eigenvalue weighted by molar-refractivity contribution is 9.13. The van der Waals surface area contributed by atoms with E-state index in [1.54, 1.807) is 12.3 Å². The SMILES string of the molecule is O=C1NCC/C(=N/Nc2ccnc3cc(Cl)ccc23)c2c1[nH]c(Br)c2Br. The molecule has 0 fully saturated rings. The number of carbonyl (C=O) groups is 1. The standard InChI is InChI=1S/C17H12Br2ClN5O/c18-14-13-11(4-6-22-17(26)15(13)23-16(14)19)25-24-10-3-5-21-12-7-8(20)1-2-9(10)12/h1-3,5,7,23H,4,6H2,(H,21,24)(H,22,26)/b25-11-. The van der Waals surface area contributed by atoms with E-state index in [0.29, 0.717) is 28.3 Å². The molecular formula is C17H12Br2ClN5O. The van der Waals surface area contributed by atoms with E-state index in [1.165, 1.54) is 0 Å². The van der Waals surface area contributed by atoms with Gasteiger partial charge in [-0.25, -0.2) is 0 Å². The third-order valence-electron chi connectivity index (χ3n) is 4.08. The van der Waals surface area contributed by atoms with Crippen molar-refractivity contribution in [3.8, 4) is 0 Å². The number of hydrogen-bond acceptors (Lipinski definition) is 4. The van der Waals surface area contributed by atoms with Gasteiger partial charge in [-0.2, -0.15) is 5.10 Å². The first-order valence-electron chi connectivity index (χ1n) is 7.77. The number of hydrazone groups is 1. The highest BCUT2D eigenvalue weighted by Gasteiger charge is 2.26. The predicted molar refractivity (Wildman–Crippen MR) is 110 cm³/mol. The maximum Gasteiger partial charge on any atom is 0.268 e. The summed E-state index contributed by atoms with van der Waals surface area (Å²) in [5.41, 5.74) is 6.71. The van der Waals surface area contributed by atoms with Crippen molar-refractivity contribution in [2.75, 3.05) is 12.0 Å². The number of benzene rings is 1. The van der Waals surface area contributed by atoms with Crippen molar-refractivity contribution in [3.05, 3.63) is 55.8 Å². The Morgan fingerprint density at radius 2 is 2.12 bits per heavy atom. The molecule has 26 heavy (non-hydrogen) atoms. The lowest BCUT2D eigenvalue weighted by Crippen LogP contribution is -2.23. The number of pyridine rings is 1. The number of aromatic nitrogens is 2. The van der Waals surface area contributed by atoms with E-state index < -0.39 is 0 Å². The lowest BCUT2D eigenvalue weighted by atomic mass is 10.1. The van der Waals surface area contributed by atoms with Crippen LogP contribution in [0.25, 0.3) is 10.9 Å². The van der Waals surface area contributed by atoms with Gasteiger partial charge in [0.2, 0.25) is 0 Å². The van der Waals surface area contributed by atoms with E-state index in [1.807, 2.05) is 18.2 Å². The van der Waals surface area contributed by atoms with Crippen LogP contribution >= 0.6 is 43.5 Å². The second-order valence-corrected chi connectivity index (χ2v) is 7.72. The van der Waals surface area contributed by atoms with Crippen molar-refractivity contribution in [3.63, 3.8) is 0 Å². The molecule has 9 heteroatoms. The third kappa shape index (κ3) is 3.13. The molecule has 0 unspecified atom stereocenters. The number of carbonyl (C=O) groups excluding carboxylic acids is 1. The van der Waals surface area contributed by atoms with Crippen LogP contribution in [0.1, 0.15) is 22.5 Å². The molecular weight excluding hydrogens is 485 g/mol. The zero-order chi connectivity index (χ0) is 18.3. The monoisotopic (exact) mass is 495 g/mol. The summed E-state index contributed by atoms with van der Waals surface area (Å²) in [5, 5.41) is 8.99. The number of anilines is 1. The molecule has 3 heterocycles. The predicted octanol–water partition coefficient (Wildman–Crippen LogP) is 4.69. The molecule has 0 bridgehead atoms. The van der Waals surface area contributed by atoms with Crippen LogP contribution in [0.3, 0.4) is 0 Å². The van der Waals surface area contributed by atoms with E-state index in [-0.39, 0.29) is 5.91 Å². The second-order valence-electron chi connectivity index (χ2n) is 5.70. The quantitative estimate of drug-likeness (QED) is 0.449. The number of aromatic amines is 1. The van der Waals surface area contributed by atoms with Crippen molar-refractivity contribution in [2.45, 2.75) is 6.42 Å². The summed E-state index contributed by atoms with van der Waals surface area (Å²) in [7, 11) is 0. The van der Waals surface area contributed by atoms with Gasteiger partial charge in [0.25, 0.3) is 5.91 Å². The molecule has 0 atom stereocenters. The van der Waals surface area contributed by atoms with Crippen LogP contribution in [0.4, 0.5) is 5.69 Å². The van der Waals surface area contributed by atoms with E-state index >= 15 is 0 Å². The highest BCUT2D eigenvalue weighted by Crippen LogP contribution is 2.32. The number of amides is 1. The molecule has 6 nitrogen and oxygen atoms in total. The van der Waals surface area contributed by atoms with Gasteiger partial charge in [0.15, 0.2) is 0 Å². The van der Waals surface area contributed by atoms with Crippen LogP contribution in [0.5, 0.6) is 0 Å². The summed E-state index contributed by atoms with van der Waals surface area (Å²) < 4.78 is 1.48. The van der Waals surface area contributed by atoms with Gasteiger partial charge in [-0.15, -0.1) is 0 Å². The van der Waals surface area contributed by atoms with Gasteiger partial charge in [0, 0.05) is 35.1 Å². The summed E-state index contributed by atoms with van der Waals surface area (Å²) in [4.78, 5) is 19.6. The smallest absolute Gasteiger partial charge is 0.268 e. The lowest BCUT2D eigenvalue weighted by Gasteiger charge is -2.08. The first kappa shape index (κ1) is 17.5. The van der Waals surface area contributed by atoms with Gasteiger partial charge in [-0.05, 0) is 56.1 Å². The Bertz CT molecular complexity index is 1060. The molecule has 0 saturated heterocycles. The molecule has 3 aromatic rings. The summed E-state index contributed by atoms with van der Waals surface area (Å²) in [6.45, 7) is 0.513. The minimum absolute atomic E-state index is 0.152. The van der Waals surface area contributed by atoms with E-state index in [4.69, 9.17) is 11.6 Å². The van der Waals surface area contributed by atoms with Crippen LogP contribution in [-0.4, -0.2) is 28.1 Å². The third-order valence-corrected chi connectivity index (χ3v) is 6.23. The van der Waals surface area contributed by atoms with Crippen LogP contribution in [-0.2, 0) is 0 Å². The fourth-order valence-corrected chi connectivity index (χ4v) is 3.94. The number of H-pyrrole nitrogens is 1. The molecule has 1 aromatic carbocycles. The van der Waals surface area contributed by atoms with Gasteiger partial charge in [-0.1, -0.05) is 11.6 Å². The normalized spacial score (nSPS) is 15.7. The Morgan fingerprint density at radius 1 is 1.27 bits per heavy atom. The molecule has 1 amide bonds. The van der Waals surface area contributed by atoms with Crippen molar-refractivity contribution < 1.29 is 4.79 Å². The largest absolute Gasteiger partial charge is 0.350 e. The first-order valence-corrected chi connectivity index (χ1v) is 9.73. The Hall–Kier alpha value is -1.90. The summed E-state index contributed by atoms with van der Waals surface area (Å²) in [6, 6.07) is 7.38. The van der Waals surface area contributed by atoms with Crippen molar-refractivity contribution in [1.29, 1.82) is 0 Å². The Labute approximate surface area is 170 Å². The Kier molecular flexibility index (Phi) is 4.73. The van der Waals surface area contributed by atoms with E-state index in [2.05, 4.69) is 57.7 Å². The topological polar surface area (TPSA) is 82.2 Å². The van der Waals surface area contributed by atoms with Crippen LogP contribution in [0.15, 0.2) is 44.6 Å². The average molecular weight is 498 g/mol. The molecule has 0 saturated carbocycles. The lowest BCUT2D eigenvalue weighted by molar-refractivity contribution is 0.0951. The van der Waals surface area contributed by atoms with Gasteiger partial charge >= 0.3 is 0 Å². The zero-order valence-electron chi connectivity index (χ0n) is 13.2. The number of nitrogens with zero attached hydrogens (tertiary/aromatic N) is 2. The number of halogens is 3. The molecule has 1 aliphatic heterocycles. The number of hydrogen-bond donors (Lipinski definition) is 3. The number of fused-ring (bicyclic) bond motifs is 2. The maximum atomic E-state index is 12.2. The Morgan fingerprint density at radius 3 is 2.96 bits per heavy atom. The van der Waals surface area contributed by atoms with Crippen LogP contribution in [0.2, 0.25) is 5.02 Å². The van der Waals surface area contributed by atoms with Gasteiger partial charge in [-0.3, -0.25) is 15.2 Å². The van der Waals surface area contributed by atoms with E-state index in [0.717, 1.165) is 32.3 Å².